The van der Waals surface area contributed by atoms with Gasteiger partial charge in [0.15, 0.2) is 0 Å². The summed E-state index contributed by atoms with van der Waals surface area (Å²) in [6, 6.07) is 4.49. The van der Waals surface area contributed by atoms with Crippen molar-refractivity contribution < 1.29 is 10.0 Å². The van der Waals surface area contributed by atoms with Crippen molar-refractivity contribution in [1.29, 1.82) is 0 Å². The van der Waals surface area contributed by atoms with Gasteiger partial charge in [-0.1, -0.05) is 25.4 Å². The molecule has 0 aliphatic heterocycles. The van der Waals surface area contributed by atoms with Crippen LogP contribution in [0.3, 0.4) is 0 Å². The Morgan fingerprint density at radius 2 is 2.05 bits per heavy atom. The Labute approximate surface area is 117 Å². The Kier molecular flexibility index (Phi) is 5.72. The van der Waals surface area contributed by atoms with Crippen LogP contribution in [-0.4, -0.2) is 22.2 Å². The lowest BCUT2D eigenvalue weighted by atomic mass is 9.93. The summed E-state index contributed by atoms with van der Waals surface area (Å²) in [7, 11) is 0. The monoisotopic (exact) mass is 286 g/mol. The summed E-state index contributed by atoms with van der Waals surface area (Å²) in [5.74, 6) is 0. The van der Waals surface area contributed by atoms with Gasteiger partial charge in [-0.15, -0.1) is 0 Å². The molecule has 106 valence electrons. The van der Waals surface area contributed by atoms with E-state index in [1.54, 1.807) is 6.07 Å². The van der Waals surface area contributed by atoms with Gasteiger partial charge in [-0.05, 0) is 25.0 Å². The van der Waals surface area contributed by atoms with Crippen LogP contribution in [0.4, 0.5) is 5.69 Å². The second-order valence-electron chi connectivity index (χ2n) is 4.53. The maximum absolute atomic E-state index is 11.0. The van der Waals surface area contributed by atoms with Crippen molar-refractivity contribution in [3.05, 3.63) is 38.9 Å². The van der Waals surface area contributed by atoms with Crippen molar-refractivity contribution in [3.63, 3.8) is 0 Å². The minimum Gasteiger partial charge on any atom is -0.394 e. The molecule has 19 heavy (non-hydrogen) atoms. The van der Waals surface area contributed by atoms with Crippen LogP contribution in [0.2, 0.25) is 5.02 Å². The summed E-state index contributed by atoms with van der Waals surface area (Å²) in [6.45, 7) is 4.24. The van der Waals surface area contributed by atoms with E-state index in [4.69, 9.17) is 11.6 Å². The molecule has 6 heteroatoms. The smallest absolute Gasteiger partial charge is 0.273 e. The fourth-order valence-corrected chi connectivity index (χ4v) is 2.13. The van der Waals surface area contributed by atoms with Crippen molar-refractivity contribution in [2.45, 2.75) is 38.8 Å². The van der Waals surface area contributed by atoms with Gasteiger partial charge in [0.05, 0.1) is 11.5 Å². The molecule has 0 heterocycles. The van der Waals surface area contributed by atoms with Gasteiger partial charge in [-0.25, -0.2) is 0 Å². The molecule has 0 atom stereocenters. The summed E-state index contributed by atoms with van der Waals surface area (Å²) in [5.41, 5.74) is 0.157. The number of benzene rings is 1. The lowest BCUT2D eigenvalue weighted by molar-refractivity contribution is -0.385. The SMILES string of the molecule is CCC(CC)(CO)NCc1cc(Cl)ccc1[N+](=O)[O-]. The molecule has 5 nitrogen and oxygen atoms in total. The number of hydrogen-bond acceptors (Lipinski definition) is 4. The van der Waals surface area contributed by atoms with Crippen LogP contribution in [0.5, 0.6) is 0 Å². The number of halogens is 1. The van der Waals surface area contributed by atoms with E-state index in [0.29, 0.717) is 17.1 Å². The van der Waals surface area contributed by atoms with Crippen LogP contribution in [0.15, 0.2) is 18.2 Å². The molecule has 0 aliphatic carbocycles. The highest BCUT2D eigenvalue weighted by Gasteiger charge is 2.25. The number of rotatable bonds is 7. The molecule has 0 bridgehead atoms. The topological polar surface area (TPSA) is 75.4 Å². The van der Waals surface area contributed by atoms with Gasteiger partial charge >= 0.3 is 0 Å². The number of aliphatic hydroxyl groups excluding tert-OH is 1. The van der Waals surface area contributed by atoms with Crippen LogP contribution in [-0.2, 0) is 6.54 Å². The first-order valence-corrected chi connectivity index (χ1v) is 6.64. The molecule has 0 fully saturated rings. The average Bonchev–Trinajstić information content (AvgIpc) is 2.40. The first kappa shape index (κ1) is 15.9. The molecule has 1 rings (SSSR count). The van der Waals surface area contributed by atoms with E-state index in [1.807, 2.05) is 13.8 Å². The van der Waals surface area contributed by atoms with Gasteiger partial charge in [0.1, 0.15) is 0 Å². The number of nitrogens with one attached hydrogen (secondary N) is 1. The molecule has 0 aromatic heterocycles. The van der Waals surface area contributed by atoms with Crippen molar-refractivity contribution in [1.82, 2.24) is 5.32 Å². The van der Waals surface area contributed by atoms with E-state index in [9.17, 15) is 15.2 Å². The predicted molar refractivity (Wildman–Crippen MR) is 75.3 cm³/mol. The highest BCUT2D eigenvalue weighted by atomic mass is 35.5. The van der Waals surface area contributed by atoms with Crippen LogP contribution in [0.1, 0.15) is 32.3 Å². The quantitative estimate of drug-likeness (QED) is 0.597. The third-order valence-electron chi connectivity index (χ3n) is 3.55. The van der Waals surface area contributed by atoms with Gasteiger partial charge in [0.2, 0.25) is 0 Å². The Morgan fingerprint density at radius 1 is 1.42 bits per heavy atom. The maximum atomic E-state index is 11.0. The molecule has 1 aromatic carbocycles. The van der Waals surface area contributed by atoms with Crippen molar-refractivity contribution in [3.8, 4) is 0 Å². The normalized spacial score (nSPS) is 11.6. The first-order valence-electron chi connectivity index (χ1n) is 6.26. The summed E-state index contributed by atoms with van der Waals surface area (Å²) in [5, 5.41) is 24.1. The molecule has 1 aromatic rings. The van der Waals surface area contributed by atoms with Crippen LogP contribution in [0.25, 0.3) is 0 Å². The van der Waals surface area contributed by atoms with Crippen molar-refractivity contribution in [2.75, 3.05) is 6.61 Å². The largest absolute Gasteiger partial charge is 0.394 e. The number of nitro groups is 1. The summed E-state index contributed by atoms with van der Waals surface area (Å²) in [6.07, 6.45) is 1.49. The molecule has 0 aliphatic rings. The summed E-state index contributed by atoms with van der Waals surface area (Å²) >= 11 is 5.87. The van der Waals surface area contributed by atoms with E-state index in [-0.39, 0.29) is 12.3 Å². The number of hydrogen-bond donors (Lipinski definition) is 2. The van der Waals surface area contributed by atoms with Crippen LogP contribution < -0.4 is 5.32 Å². The van der Waals surface area contributed by atoms with E-state index < -0.39 is 10.5 Å². The molecular formula is C13H19ClN2O3. The fraction of sp³-hybridized carbons (Fsp3) is 0.538. The lowest BCUT2D eigenvalue weighted by Gasteiger charge is -2.30. The Balaban J connectivity index is 2.93. The third kappa shape index (κ3) is 3.89. The Morgan fingerprint density at radius 3 is 2.53 bits per heavy atom. The van der Waals surface area contributed by atoms with Crippen molar-refractivity contribution >= 4 is 17.3 Å². The van der Waals surface area contributed by atoms with Crippen LogP contribution in [0, 0.1) is 10.1 Å². The van der Waals surface area contributed by atoms with Gasteiger partial charge in [-0.2, -0.15) is 0 Å². The molecule has 0 radical (unpaired) electrons. The molecule has 0 saturated heterocycles. The standard InChI is InChI=1S/C13H19ClN2O3/c1-3-13(4-2,9-17)15-8-10-7-11(14)5-6-12(10)16(18)19/h5-7,15,17H,3-4,8-9H2,1-2H3. The van der Waals surface area contributed by atoms with Gasteiger partial charge in [0.25, 0.3) is 5.69 Å². The van der Waals surface area contributed by atoms with Gasteiger partial charge < -0.3 is 10.4 Å². The van der Waals surface area contributed by atoms with E-state index in [0.717, 1.165) is 12.8 Å². The summed E-state index contributed by atoms with van der Waals surface area (Å²) in [4.78, 5) is 10.5. The number of aliphatic hydroxyl groups is 1. The second kappa shape index (κ2) is 6.84. The van der Waals surface area contributed by atoms with E-state index in [2.05, 4.69) is 5.32 Å². The zero-order chi connectivity index (χ0) is 14.5. The molecule has 0 saturated carbocycles. The van der Waals surface area contributed by atoms with Gasteiger partial charge in [0, 0.05) is 28.7 Å². The molecule has 0 amide bonds. The number of nitrogens with zero attached hydrogens (tertiary/aromatic N) is 1. The van der Waals surface area contributed by atoms with Crippen LogP contribution >= 0.6 is 11.6 Å². The highest BCUT2D eigenvalue weighted by Crippen LogP contribution is 2.24. The zero-order valence-corrected chi connectivity index (χ0v) is 11.9. The fourth-order valence-electron chi connectivity index (χ4n) is 1.94. The second-order valence-corrected chi connectivity index (χ2v) is 4.97. The molecule has 0 spiro atoms. The first-order chi connectivity index (χ1) is 8.98. The zero-order valence-electron chi connectivity index (χ0n) is 11.1. The minimum absolute atomic E-state index is 0.00559. The Hall–Kier alpha value is -1.17. The van der Waals surface area contributed by atoms with E-state index in [1.165, 1.54) is 12.1 Å². The Bertz CT molecular complexity index is 439. The minimum atomic E-state index is -0.425. The predicted octanol–water partition coefficient (Wildman–Crippen LogP) is 2.89. The molecule has 2 N–H and O–H groups in total. The average molecular weight is 287 g/mol. The maximum Gasteiger partial charge on any atom is 0.273 e. The van der Waals surface area contributed by atoms with E-state index >= 15 is 0 Å². The highest BCUT2D eigenvalue weighted by molar-refractivity contribution is 6.30. The third-order valence-corrected chi connectivity index (χ3v) is 3.78. The number of nitro benzene ring substituents is 1. The van der Waals surface area contributed by atoms with Gasteiger partial charge in [-0.3, -0.25) is 10.1 Å². The summed E-state index contributed by atoms with van der Waals surface area (Å²) < 4.78 is 0. The van der Waals surface area contributed by atoms with Crippen molar-refractivity contribution in [2.24, 2.45) is 0 Å². The molecule has 0 unspecified atom stereocenters. The molecular weight excluding hydrogens is 268 g/mol. The lowest BCUT2D eigenvalue weighted by Crippen LogP contribution is -2.47.